The van der Waals surface area contributed by atoms with Crippen LogP contribution in [0.5, 0.6) is 0 Å². The SMILES string of the molecule is Cn1nnc(CNCC2CCC(=O)N2)n1. The van der Waals surface area contributed by atoms with Gasteiger partial charge in [0.1, 0.15) is 0 Å². The Balaban J connectivity index is 1.69. The summed E-state index contributed by atoms with van der Waals surface area (Å²) in [7, 11) is 1.73. The Morgan fingerprint density at radius 3 is 3.13 bits per heavy atom. The van der Waals surface area contributed by atoms with Crippen molar-refractivity contribution >= 4 is 5.91 Å². The molecular formula is C8H14N6O. The van der Waals surface area contributed by atoms with E-state index in [1.165, 1.54) is 4.80 Å². The maximum absolute atomic E-state index is 10.9. The van der Waals surface area contributed by atoms with Gasteiger partial charge in [-0.15, -0.1) is 10.2 Å². The van der Waals surface area contributed by atoms with Gasteiger partial charge in [0.25, 0.3) is 0 Å². The first-order chi connectivity index (χ1) is 7.24. The Hall–Kier alpha value is -1.50. The van der Waals surface area contributed by atoms with Crippen molar-refractivity contribution in [2.75, 3.05) is 6.54 Å². The van der Waals surface area contributed by atoms with Crippen molar-refractivity contribution in [2.45, 2.75) is 25.4 Å². The van der Waals surface area contributed by atoms with E-state index in [1.54, 1.807) is 7.05 Å². The fourth-order valence-electron chi connectivity index (χ4n) is 1.58. The molecule has 1 fully saturated rings. The zero-order valence-corrected chi connectivity index (χ0v) is 8.60. The van der Waals surface area contributed by atoms with E-state index in [9.17, 15) is 4.79 Å². The first-order valence-electron chi connectivity index (χ1n) is 4.97. The Kier molecular flexibility index (Phi) is 2.91. The van der Waals surface area contributed by atoms with E-state index in [4.69, 9.17) is 0 Å². The van der Waals surface area contributed by atoms with Crippen molar-refractivity contribution in [1.82, 2.24) is 30.8 Å². The van der Waals surface area contributed by atoms with Crippen LogP contribution in [0.1, 0.15) is 18.7 Å². The molecule has 0 aromatic carbocycles. The molecule has 15 heavy (non-hydrogen) atoms. The third-order valence-electron chi connectivity index (χ3n) is 2.31. The van der Waals surface area contributed by atoms with Gasteiger partial charge in [-0.05, 0) is 11.6 Å². The number of amides is 1. The van der Waals surface area contributed by atoms with Gasteiger partial charge in [0.15, 0.2) is 5.82 Å². The number of carbonyl (C=O) groups excluding carboxylic acids is 1. The number of nitrogens with zero attached hydrogens (tertiary/aromatic N) is 4. The zero-order chi connectivity index (χ0) is 10.7. The molecule has 0 spiro atoms. The number of aryl methyl sites for hydroxylation is 1. The van der Waals surface area contributed by atoms with Gasteiger partial charge >= 0.3 is 0 Å². The Morgan fingerprint density at radius 2 is 2.53 bits per heavy atom. The Labute approximate surface area is 87.2 Å². The number of carbonyl (C=O) groups is 1. The third-order valence-corrected chi connectivity index (χ3v) is 2.31. The second kappa shape index (κ2) is 4.35. The van der Waals surface area contributed by atoms with Gasteiger partial charge in [-0.25, -0.2) is 0 Å². The largest absolute Gasteiger partial charge is 0.352 e. The molecule has 1 aromatic heterocycles. The molecule has 1 aromatic rings. The van der Waals surface area contributed by atoms with Gasteiger partial charge in [0, 0.05) is 19.0 Å². The summed E-state index contributed by atoms with van der Waals surface area (Å²) in [5.74, 6) is 0.807. The minimum absolute atomic E-state index is 0.138. The monoisotopic (exact) mass is 210 g/mol. The molecule has 7 heteroatoms. The van der Waals surface area contributed by atoms with Gasteiger partial charge < -0.3 is 10.6 Å². The molecule has 1 aliphatic rings. The van der Waals surface area contributed by atoms with E-state index in [0.29, 0.717) is 18.8 Å². The van der Waals surface area contributed by atoms with Gasteiger partial charge in [-0.2, -0.15) is 4.80 Å². The maximum Gasteiger partial charge on any atom is 0.220 e. The smallest absolute Gasteiger partial charge is 0.220 e. The standard InChI is InChI=1S/C8H14N6O/c1-14-12-7(11-13-14)5-9-4-6-2-3-8(15)10-6/h6,9H,2-5H2,1H3,(H,10,15). The minimum atomic E-state index is 0.138. The van der Waals surface area contributed by atoms with Gasteiger partial charge in [0.05, 0.1) is 13.6 Å². The lowest BCUT2D eigenvalue weighted by atomic mass is 10.2. The van der Waals surface area contributed by atoms with E-state index in [2.05, 4.69) is 26.0 Å². The molecule has 0 saturated carbocycles. The van der Waals surface area contributed by atoms with Crippen LogP contribution in [0, 0.1) is 0 Å². The highest BCUT2D eigenvalue weighted by Crippen LogP contribution is 2.04. The van der Waals surface area contributed by atoms with Crippen LogP contribution in [0.3, 0.4) is 0 Å². The molecule has 0 bridgehead atoms. The quantitative estimate of drug-likeness (QED) is 0.637. The average Bonchev–Trinajstić information content (AvgIpc) is 2.76. The van der Waals surface area contributed by atoms with Gasteiger partial charge in [-0.3, -0.25) is 4.79 Å². The van der Waals surface area contributed by atoms with E-state index in [-0.39, 0.29) is 11.9 Å². The van der Waals surface area contributed by atoms with Crippen LogP contribution in [0.25, 0.3) is 0 Å². The first kappa shape index (κ1) is 10.0. The number of aromatic nitrogens is 4. The lowest BCUT2D eigenvalue weighted by Gasteiger charge is -2.09. The summed E-state index contributed by atoms with van der Waals surface area (Å²) in [6, 6.07) is 0.245. The van der Waals surface area contributed by atoms with Crippen LogP contribution < -0.4 is 10.6 Å². The van der Waals surface area contributed by atoms with Crippen molar-refractivity contribution in [3.63, 3.8) is 0 Å². The van der Waals surface area contributed by atoms with Crippen LogP contribution in [-0.2, 0) is 18.4 Å². The summed E-state index contributed by atoms with van der Waals surface area (Å²) in [6.07, 6.45) is 1.54. The summed E-state index contributed by atoms with van der Waals surface area (Å²) in [6.45, 7) is 1.34. The topological polar surface area (TPSA) is 84.7 Å². The molecule has 2 rings (SSSR count). The van der Waals surface area contributed by atoms with Crippen LogP contribution in [0.15, 0.2) is 0 Å². The van der Waals surface area contributed by atoms with Crippen LogP contribution in [0.4, 0.5) is 0 Å². The lowest BCUT2D eigenvalue weighted by Crippen LogP contribution is -2.35. The van der Waals surface area contributed by atoms with Crippen molar-refractivity contribution < 1.29 is 4.79 Å². The van der Waals surface area contributed by atoms with Gasteiger partial charge in [-0.1, -0.05) is 0 Å². The first-order valence-corrected chi connectivity index (χ1v) is 4.97. The average molecular weight is 210 g/mol. The predicted octanol–water partition coefficient (Wildman–Crippen LogP) is -1.42. The lowest BCUT2D eigenvalue weighted by molar-refractivity contribution is -0.119. The summed E-state index contributed by atoms with van der Waals surface area (Å²) in [4.78, 5) is 12.3. The summed E-state index contributed by atoms with van der Waals surface area (Å²) in [5.41, 5.74) is 0. The Bertz CT molecular complexity index is 349. The third kappa shape index (κ3) is 2.72. The number of rotatable bonds is 4. The number of hydrogen-bond acceptors (Lipinski definition) is 5. The normalized spacial score (nSPS) is 20.6. The number of tetrazole rings is 1. The molecular weight excluding hydrogens is 196 g/mol. The molecule has 7 nitrogen and oxygen atoms in total. The molecule has 1 aliphatic heterocycles. The van der Waals surface area contributed by atoms with Crippen LogP contribution >= 0.6 is 0 Å². The molecule has 1 atom stereocenters. The fourth-order valence-corrected chi connectivity index (χ4v) is 1.58. The minimum Gasteiger partial charge on any atom is -0.352 e. The molecule has 82 valence electrons. The highest BCUT2D eigenvalue weighted by atomic mass is 16.1. The molecule has 1 saturated heterocycles. The van der Waals surface area contributed by atoms with Crippen LogP contribution in [0.2, 0.25) is 0 Å². The second-order valence-corrected chi connectivity index (χ2v) is 3.63. The van der Waals surface area contributed by atoms with Gasteiger partial charge in [0.2, 0.25) is 5.91 Å². The molecule has 1 amide bonds. The van der Waals surface area contributed by atoms with Crippen molar-refractivity contribution in [3.05, 3.63) is 5.82 Å². The van der Waals surface area contributed by atoms with Crippen molar-refractivity contribution in [3.8, 4) is 0 Å². The predicted molar refractivity (Wildman–Crippen MR) is 51.7 cm³/mol. The maximum atomic E-state index is 10.9. The second-order valence-electron chi connectivity index (χ2n) is 3.63. The molecule has 2 N–H and O–H groups in total. The van der Waals surface area contributed by atoms with Crippen LogP contribution in [-0.4, -0.2) is 38.7 Å². The molecule has 0 radical (unpaired) electrons. The number of nitrogens with one attached hydrogen (secondary N) is 2. The molecule has 1 unspecified atom stereocenters. The Morgan fingerprint density at radius 1 is 1.67 bits per heavy atom. The highest BCUT2D eigenvalue weighted by Gasteiger charge is 2.19. The number of hydrogen-bond donors (Lipinski definition) is 2. The molecule has 2 heterocycles. The van der Waals surface area contributed by atoms with Crippen molar-refractivity contribution in [1.29, 1.82) is 0 Å². The van der Waals surface area contributed by atoms with E-state index < -0.39 is 0 Å². The fraction of sp³-hybridized carbons (Fsp3) is 0.750. The zero-order valence-electron chi connectivity index (χ0n) is 8.60. The highest BCUT2D eigenvalue weighted by molar-refractivity contribution is 5.78. The van der Waals surface area contributed by atoms with E-state index >= 15 is 0 Å². The van der Waals surface area contributed by atoms with E-state index in [1.807, 2.05) is 0 Å². The summed E-state index contributed by atoms with van der Waals surface area (Å²) < 4.78 is 0. The molecule has 0 aliphatic carbocycles. The van der Waals surface area contributed by atoms with Crippen molar-refractivity contribution in [2.24, 2.45) is 7.05 Å². The summed E-state index contributed by atoms with van der Waals surface area (Å²) in [5, 5.41) is 17.7. The van der Waals surface area contributed by atoms with E-state index in [0.717, 1.165) is 13.0 Å². The summed E-state index contributed by atoms with van der Waals surface area (Å²) >= 11 is 0.